The minimum absolute atomic E-state index is 0.173. The zero-order chi connectivity index (χ0) is 25.2. The Bertz CT molecular complexity index is 1050. The van der Waals surface area contributed by atoms with E-state index < -0.39 is 0 Å². The number of hydrogen-bond acceptors (Lipinski definition) is 0. The Labute approximate surface area is 223 Å². The summed E-state index contributed by atoms with van der Waals surface area (Å²) in [6, 6.07) is 23.1. The molecule has 0 radical (unpaired) electrons. The number of aryl methyl sites for hydroxylation is 3. The van der Waals surface area contributed by atoms with Crippen LogP contribution in [0.15, 0.2) is 66.7 Å². The molecule has 3 aromatic carbocycles. The van der Waals surface area contributed by atoms with E-state index >= 15 is 0 Å². The fourth-order valence-electron chi connectivity index (χ4n) is 5.72. The number of halogens is 2. The Morgan fingerprint density at radius 3 is 1.67 bits per heavy atom. The topological polar surface area (TPSA) is 0 Å². The first-order chi connectivity index (χ1) is 17.6. The molecule has 0 saturated heterocycles. The first kappa shape index (κ1) is 26.9. The van der Waals surface area contributed by atoms with Gasteiger partial charge in [0.2, 0.25) is 0 Å². The molecule has 0 nitrogen and oxygen atoms in total. The van der Waals surface area contributed by atoms with Crippen LogP contribution in [0.4, 0.5) is 4.39 Å². The summed E-state index contributed by atoms with van der Waals surface area (Å²) in [5.74, 6) is 1.40. The summed E-state index contributed by atoms with van der Waals surface area (Å²) in [6.07, 6.45) is 17.1. The maximum absolute atomic E-state index is 13.8. The smallest absolute Gasteiger partial charge is 0.142 e. The molecule has 0 heterocycles. The van der Waals surface area contributed by atoms with Gasteiger partial charge in [0.15, 0.2) is 0 Å². The van der Waals surface area contributed by atoms with Crippen molar-refractivity contribution in [3.8, 4) is 11.1 Å². The van der Waals surface area contributed by atoms with Gasteiger partial charge in [-0.3, -0.25) is 0 Å². The van der Waals surface area contributed by atoms with Crippen molar-refractivity contribution >= 4 is 11.6 Å². The Morgan fingerprint density at radius 2 is 1.14 bits per heavy atom. The van der Waals surface area contributed by atoms with Crippen LogP contribution in [0.2, 0.25) is 5.02 Å². The number of rotatable bonds is 12. The van der Waals surface area contributed by atoms with E-state index in [1.165, 1.54) is 99.8 Å². The molecule has 0 spiro atoms. The van der Waals surface area contributed by atoms with E-state index in [9.17, 15) is 4.39 Å². The second-order valence-corrected chi connectivity index (χ2v) is 11.3. The average molecular weight is 505 g/mol. The van der Waals surface area contributed by atoms with Crippen LogP contribution in [-0.4, -0.2) is 0 Å². The van der Waals surface area contributed by atoms with Crippen LogP contribution in [0, 0.1) is 17.7 Å². The highest BCUT2D eigenvalue weighted by Crippen LogP contribution is 2.34. The third-order valence-electron chi connectivity index (χ3n) is 8.20. The van der Waals surface area contributed by atoms with E-state index in [1.807, 2.05) is 6.07 Å². The fraction of sp³-hybridized carbons (Fsp3) is 0.471. The molecular weight excluding hydrogens is 463 g/mol. The molecule has 1 fully saturated rings. The van der Waals surface area contributed by atoms with Gasteiger partial charge < -0.3 is 0 Å². The maximum Gasteiger partial charge on any atom is 0.142 e. The summed E-state index contributed by atoms with van der Waals surface area (Å²) in [5, 5.41) is 0.173. The van der Waals surface area contributed by atoms with E-state index in [-0.39, 0.29) is 10.8 Å². The van der Waals surface area contributed by atoms with Crippen LogP contribution in [0.5, 0.6) is 0 Å². The summed E-state index contributed by atoms with van der Waals surface area (Å²) >= 11 is 5.81. The lowest BCUT2D eigenvalue weighted by Crippen LogP contribution is -2.15. The molecule has 0 unspecified atom stereocenters. The molecule has 1 aliphatic carbocycles. The van der Waals surface area contributed by atoms with Crippen molar-refractivity contribution in [2.75, 3.05) is 0 Å². The molecule has 2 heteroatoms. The van der Waals surface area contributed by atoms with Crippen LogP contribution in [0.1, 0.15) is 87.8 Å². The van der Waals surface area contributed by atoms with E-state index in [0.29, 0.717) is 0 Å². The number of unbranched alkanes of at least 4 members (excludes halogenated alkanes) is 3. The van der Waals surface area contributed by atoms with Crippen molar-refractivity contribution in [1.29, 1.82) is 0 Å². The molecule has 1 saturated carbocycles. The van der Waals surface area contributed by atoms with Crippen LogP contribution < -0.4 is 0 Å². The van der Waals surface area contributed by atoms with Gasteiger partial charge in [-0.1, -0.05) is 118 Å². The highest BCUT2D eigenvalue weighted by atomic mass is 35.5. The van der Waals surface area contributed by atoms with Gasteiger partial charge in [-0.05, 0) is 90.3 Å². The minimum atomic E-state index is -0.361. The number of hydrogen-bond donors (Lipinski definition) is 0. The lowest BCUT2D eigenvalue weighted by molar-refractivity contribution is 0.253. The molecular formula is C34H42ClF. The summed E-state index contributed by atoms with van der Waals surface area (Å²) < 4.78 is 13.8. The zero-order valence-electron chi connectivity index (χ0n) is 22.0. The molecule has 0 N–H and O–H groups in total. The second-order valence-electron chi connectivity index (χ2n) is 10.9. The van der Waals surface area contributed by atoms with Crippen molar-refractivity contribution < 1.29 is 4.39 Å². The summed E-state index contributed by atoms with van der Waals surface area (Å²) in [6.45, 7) is 2.27. The highest BCUT2D eigenvalue weighted by molar-refractivity contribution is 6.30. The zero-order valence-corrected chi connectivity index (χ0v) is 22.7. The minimum Gasteiger partial charge on any atom is -0.205 e. The summed E-state index contributed by atoms with van der Waals surface area (Å²) in [5.41, 5.74) is 6.31. The van der Waals surface area contributed by atoms with Gasteiger partial charge in [-0.25, -0.2) is 4.39 Å². The van der Waals surface area contributed by atoms with Gasteiger partial charge in [-0.15, -0.1) is 0 Å². The van der Waals surface area contributed by atoms with Crippen LogP contribution in [-0.2, 0) is 19.3 Å². The molecule has 4 rings (SSSR count). The first-order valence-corrected chi connectivity index (χ1v) is 14.6. The van der Waals surface area contributed by atoms with Crippen molar-refractivity contribution in [3.05, 3.63) is 94.3 Å². The van der Waals surface area contributed by atoms with Crippen LogP contribution >= 0.6 is 11.6 Å². The predicted octanol–water partition coefficient (Wildman–Crippen LogP) is 10.6. The molecule has 1 aliphatic rings. The normalized spacial score (nSPS) is 17.9. The van der Waals surface area contributed by atoms with E-state index in [1.54, 1.807) is 6.07 Å². The maximum atomic E-state index is 13.8. The molecule has 0 aromatic heterocycles. The monoisotopic (exact) mass is 504 g/mol. The molecule has 36 heavy (non-hydrogen) atoms. The van der Waals surface area contributed by atoms with Gasteiger partial charge >= 0.3 is 0 Å². The largest absolute Gasteiger partial charge is 0.205 e. The average Bonchev–Trinajstić information content (AvgIpc) is 2.92. The Kier molecular flexibility index (Phi) is 10.5. The predicted molar refractivity (Wildman–Crippen MR) is 153 cm³/mol. The molecule has 0 bridgehead atoms. The summed E-state index contributed by atoms with van der Waals surface area (Å²) in [7, 11) is 0. The van der Waals surface area contributed by atoms with Crippen molar-refractivity contribution in [1.82, 2.24) is 0 Å². The van der Waals surface area contributed by atoms with Gasteiger partial charge in [0.05, 0.1) is 5.02 Å². The summed E-state index contributed by atoms with van der Waals surface area (Å²) in [4.78, 5) is 0. The SMILES string of the molecule is CCCCCCc1ccc(CCC2CCC(CCc3ccc(-c4ccc(Cl)c(F)c4)cc3)CC2)cc1. The van der Waals surface area contributed by atoms with Crippen LogP contribution in [0.25, 0.3) is 11.1 Å². The molecule has 0 atom stereocenters. The standard InChI is InChI=1S/C34H42ClF/c1-2-3-4-5-6-26-7-9-27(10-8-26)11-12-28-13-15-29(16-14-28)17-18-30-19-21-31(22-20-30)32-23-24-33(35)34(36)25-32/h7-10,19-25,28-29H,2-6,11-18H2,1H3. The lowest BCUT2D eigenvalue weighted by atomic mass is 9.77. The molecule has 0 aliphatic heterocycles. The van der Waals surface area contributed by atoms with E-state index in [2.05, 4.69) is 55.5 Å². The van der Waals surface area contributed by atoms with Crippen LogP contribution in [0.3, 0.4) is 0 Å². The van der Waals surface area contributed by atoms with Crippen molar-refractivity contribution in [2.45, 2.75) is 90.4 Å². The second kappa shape index (κ2) is 14.0. The first-order valence-electron chi connectivity index (χ1n) is 14.2. The van der Waals surface area contributed by atoms with Gasteiger partial charge in [0, 0.05) is 0 Å². The van der Waals surface area contributed by atoms with E-state index in [0.717, 1.165) is 29.4 Å². The van der Waals surface area contributed by atoms with Gasteiger partial charge in [0.1, 0.15) is 5.82 Å². The Balaban J connectivity index is 1.14. The Hall–Kier alpha value is -2.12. The van der Waals surface area contributed by atoms with Crippen molar-refractivity contribution in [3.63, 3.8) is 0 Å². The molecule has 3 aromatic rings. The molecule has 0 amide bonds. The van der Waals surface area contributed by atoms with Crippen molar-refractivity contribution in [2.24, 2.45) is 11.8 Å². The van der Waals surface area contributed by atoms with E-state index in [4.69, 9.17) is 11.6 Å². The van der Waals surface area contributed by atoms with Gasteiger partial charge in [0.25, 0.3) is 0 Å². The Morgan fingerprint density at radius 1 is 0.639 bits per heavy atom. The fourth-order valence-corrected chi connectivity index (χ4v) is 5.84. The molecule has 192 valence electrons. The highest BCUT2D eigenvalue weighted by Gasteiger charge is 2.21. The quantitative estimate of drug-likeness (QED) is 0.215. The lowest BCUT2D eigenvalue weighted by Gasteiger charge is -2.28. The number of benzene rings is 3. The third-order valence-corrected chi connectivity index (χ3v) is 8.50. The van der Waals surface area contributed by atoms with Gasteiger partial charge in [-0.2, -0.15) is 0 Å². The third kappa shape index (κ3) is 8.20.